The maximum atomic E-state index is 12.2. The molecule has 0 heterocycles. The Morgan fingerprint density at radius 2 is 1.73 bits per heavy atom. The van der Waals surface area contributed by atoms with Crippen molar-refractivity contribution in [3.8, 4) is 11.5 Å². The molecule has 1 N–H and O–H groups in total. The lowest BCUT2D eigenvalue weighted by Crippen LogP contribution is -2.18. The summed E-state index contributed by atoms with van der Waals surface area (Å²) in [5, 5.41) is 4.75. The summed E-state index contributed by atoms with van der Waals surface area (Å²) in [7, 11) is -2.21. The Morgan fingerprint density at radius 1 is 0.967 bits per heavy atom. The van der Waals surface area contributed by atoms with Gasteiger partial charge in [-0.1, -0.05) is 47.5 Å². The van der Waals surface area contributed by atoms with Gasteiger partial charge in [-0.05, 0) is 53.6 Å². The van der Waals surface area contributed by atoms with Crippen LogP contribution in [0, 0.1) is 0 Å². The molecule has 0 aliphatic heterocycles. The lowest BCUT2D eigenvalue weighted by Gasteiger charge is -2.12. The molecule has 0 aromatic heterocycles. The highest BCUT2D eigenvalue weighted by Crippen LogP contribution is 2.29. The quantitative estimate of drug-likeness (QED) is 0.380. The summed E-state index contributed by atoms with van der Waals surface area (Å²) in [6, 6.07) is 18.4. The molecule has 0 aliphatic rings. The van der Waals surface area contributed by atoms with Crippen LogP contribution in [0.15, 0.2) is 76.7 Å². The van der Waals surface area contributed by atoms with Gasteiger partial charge in [0.15, 0.2) is 11.5 Å². The summed E-state index contributed by atoms with van der Waals surface area (Å²) in [5.74, 6) is 0.996. The van der Waals surface area contributed by atoms with Crippen molar-refractivity contribution in [1.29, 1.82) is 0 Å². The molecular weight excluding hydrogens is 447 g/mol. The molecule has 0 saturated heterocycles. The first kappa shape index (κ1) is 22.0. The third-order valence-electron chi connectivity index (χ3n) is 4.01. The molecule has 6 nitrogen and oxygen atoms in total. The number of sulfonamides is 1. The predicted octanol–water partition coefficient (Wildman–Crippen LogP) is 4.89. The third kappa shape index (κ3) is 5.66. The Labute approximate surface area is 185 Å². The van der Waals surface area contributed by atoms with Crippen molar-refractivity contribution in [3.05, 3.63) is 87.9 Å². The maximum absolute atomic E-state index is 12.2. The molecule has 0 radical (unpaired) electrons. The molecular formula is C21H18Cl2N2O4S. The second-order valence-electron chi connectivity index (χ2n) is 6.11. The summed E-state index contributed by atoms with van der Waals surface area (Å²) in [5.41, 5.74) is 1.48. The molecule has 3 aromatic carbocycles. The summed E-state index contributed by atoms with van der Waals surface area (Å²) < 4.78 is 35.5. The second-order valence-corrected chi connectivity index (χ2v) is 8.59. The lowest BCUT2D eigenvalue weighted by molar-refractivity contribution is 0.284. The SMILES string of the molecule is COc1cc(/C=N\NS(=O)(=O)c2ccccc2)ccc1OCc1ccc(Cl)c(Cl)c1. The molecule has 0 unspecified atom stereocenters. The van der Waals surface area contributed by atoms with Crippen molar-refractivity contribution in [2.75, 3.05) is 7.11 Å². The molecule has 0 bridgehead atoms. The van der Waals surface area contributed by atoms with E-state index < -0.39 is 10.0 Å². The molecule has 0 fully saturated rings. The number of hydrazone groups is 1. The van der Waals surface area contributed by atoms with Gasteiger partial charge in [-0.15, -0.1) is 0 Å². The van der Waals surface area contributed by atoms with Gasteiger partial charge in [0.05, 0.1) is 28.3 Å². The highest BCUT2D eigenvalue weighted by atomic mass is 35.5. The van der Waals surface area contributed by atoms with Crippen LogP contribution < -0.4 is 14.3 Å². The summed E-state index contributed by atoms with van der Waals surface area (Å²) in [6.07, 6.45) is 1.38. The van der Waals surface area contributed by atoms with Crippen LogP contribution in [0.3, 0.4) is 0 Å². The molecule has 0 amide bonds. The first-order valence-corrected chi connectivity index (χ1v) is 11.0. The van der Waals surface area contributed by atoms with Gasteiger partial charge < -0.3 is 9.47 Å². The largest absolute Gasteiger partial charge is 0.493 e. The number of rotatable bonds is 8. The van der Waals surface area contributed by atoms with Crippen molar-refractivity contribution < 1.29 is 17.9 Å². The van der Waals surface area contributed by atoms with Crippen molar-refractivity contribution in [2.24, 2.45) is 5.10 Å². The van der Waals surface area contributed by atoms with Crippen molar-refractivity contribution in [1.82, 2.24) is 4.83 Å². The van der Waals surface area contributed by atoms with E-state index in [9.17, 15) is 8.42 Å². The average molecular weight is 465 g/mol. The molecule has 3 rings (SSSR count). The Balaban J connectivity index is 1.67. The molecule has 0 spiro atoms. The fraction of sp³-hybridized carbons (Fsp3) is 0.0952. The number of benzene rings is 3. The lowest BCUT2D eigenvalue weighted by atomic mass is 10.2. The third-order valence-corrected chi connectivity index (χ3v) is 5.98. The van der Waals surface area contributed by atoms with Crippen molar-refractivity contribution in [3.63, 3.8) is 0 Å². The van der Waals surface area contributed by atoms with Crippen LogP contribution in [-0.4, -0.2) is 21.7 Å². The van der Waals surface area contributed by atoms with E-state index in [1.807, 2.05) is 6.07 Å². The minimum Gasteiger partial charge on any atom is -0.493 e. The minimum absolute atomic E-state index is 0.130. The van der Waals surface area contributed by atoms with Crippen LogP contribution in [-0.2, 0) is 16.6 Å². The number of nitrogens with zero attached hydrogens (tertiary/aromatic N) is 1. The van der Waals surface area contributed by atoms with Crippen LogP contribution >= 0.6 is 23.2 Å². The number of halogens is 2. The van der Waals surface area contributed by atoms with Crippen LogP contribution in [0.5, 0.6) is 11.5 Å². The molecule has 9 heteroatoms. The normalized spacial score (nSPS) is 11.4. The zero-order valence-electron chi connectivity index (χ0n) is 15.9. The van der Waals surface area contributed by atoms with E-state index in [2.05, 4.69) is 9.93 Å². The number of hydrogen-bond acceptors (Lipinski definition) is 5. The Hall–Kier alpha value is -2.74. The topological polar surface area (TPSA) is 77.0 Å². The van der Waals surface area contributed by atoms with Gasteiger partial charge in [-0.3, -0.25) is 0 Å². The van der Waals surface area contributed by atoms with E-state index in [-0.39, 0.29) is 11.5 Å². The van der Waals surface area contributed by atoms with Gasteiger partial charge >= 0.3 is 0 Å². The zero-order valence-corrected chi connectivity index (χ0v) is 18.2. The van der Waals surface area contributed by atoms with Gasteiger partial charge in [-0.2, -0.15) is 13.5 Å². The van der Waals surface area contributed by atoms with Crippen LogP contribution in [0.25, 0.3) is 0 Å². The van der Waals surface area contributed by atoms with Crippen molar-refractivity contribution in [2.45, 2.75) is 11.5 Å². The van der Waals surface area contributed by atoms with Gasteiger partial charge in [0.25, 0.3) is 10.0 Å². The molecule has 156 valence electrons. The summed E-state index contributed by atoms with van der Waals surface area (Å²) in [4.78, 5) is 2.31. The van der Waals surface area contributed by atoms with Gasteiger partial charge in [0.2, 0.25) is 0 Å². The fourth-order valence-corrected chi connectivity index (χ4v) is 3.63. The average Bonchev–Trinajstić information content (AvgIpc) is 2.75. The Morgan fingerprint density at radius 3 is 2.43 bits per heavy atom. The van der Waals surface area contributed by atoms with Gasteiger partial charge in [-0.25, -0.2) is 4.83 Å². The van der Waals surface area contributed by atoms with E-state index in [1.165, 1.54) is 25.5 Å². The summed E-state index contributed by atoms with van der Waals surface area (Å²) >= 11 is 11.9. The van der Waals surface area contributed by atoms with E-state index in [0.29, 0.717) is 27.1 Å². The van der Waals surface area contributed by atoms with Crippen LogP contribution in [0.1, 0.15) is 11.1 Å². The van der Waals surface area contributed by atoms with E-state index >= 15 is 0 Å². The first-order chi connectivity index (χ1) is 14.4. The maximum Gasteiger partial charge on any atom is 0.276 e. The molecule has 0 atom stereocenters. The molecule has 30 heavy (non-hydrogen) atoms. The number of methoxy groups -OCH3 is 1. The van der Waals surface area contributed by atoms with E-state index in [0.717, 1.165) is 5.56 Å². The highest BCUT2D eigenvalue weighted by Gasteiger charge is 2.11. The number of hydrogen-bond donors (Lipinski definition) is 1. The number of nitrogens with one attached hydrogen (secondary N) is 1. The standard InChI is InChI=1S/C21H18Cl2N2O4S/c1-28-21-12-15(13-24-25-30(26,27)17-5-3-2-4-6-17)8-10-20(21)29-14-16-7-9-18(22)19(23)11-16/h2-13,25H,14H2,1H3/b24-13-. The predicted molar refractivity (Wildman–Crippen MR) is 118 cm³/mol. The van der Waals surface area contributed by atoms with Crippen molar-refractivity contribution >= 4 is 39.4 Å². The minimum atomic E-state index is -3.72. The molecule has 0 aliphatic carbocycles. The fourth-order valence-electron chi connectivity index (χ4n) is 2.50. The second kappa shape index (κ2) is 9.84. The monoisotopic (exact) mass is 464 g/mol. The smallest absolute Gasteiger partial charge is 0.276 e. The van der Waals surface area contributed by atoms with E-state index in [4.69, 9.17) is 32.7 Å². The summed E-state index contributed by atoms with van der Waals surface area (Å²) in [6.45, 7) is 0.275. The van der Waals surface area contributed by atoms with Gasteiger partial charge in [0, 0.05) is 0 Å². The first-order valence-electron chi connectivity index (χ1n) is 8.74. The van der Waals surface area contributed by atoms with E-state index in [1.54, 1.807) is 48.5 Å². The van der Waals surface area contributed by atoms with Gasteiger partial charge in [0.1, 0.15) is 6.61 Å². The zero-order chi connectivity index (χ0) is 21.6. The highest BCUT2D eigenvalue weighted by molar-refractivity contribution is 7.89. The van der Waals surface area contributed by atoms with Crippen LogP contribution in [0.2, 0.25) is 10.0 Å². The molecule has 3 aromatic rings. The Bertz CT molecular complexity index is 1150. The molecule has 0 saturated carbocycles. The Kier molecular flexibility index (Phi) is 7.20. The van der Waals surface area contributed by atoms with Crippen LogP contribution in [0.4, 0.5) is 0 Å². The number of ether oxygens (including phenoxy) is 2.